The minimum Gasteiger partial charge on any atom is -0.389 e. The number of allylic oxidation sites excluding steroid dienone is 1. The fourth-order valence-corrected chi connectivity index (χ4v) is 0.654. The largest absolute Gasteiger partial charge is 0.389 e. The molecule has 0 aliphatic rings. The summed E-state index contributed by atoms with van der Waals surface area (Å²) in [6.07, 6.45) is 2.10. The quantitative estimate of drug-likeness (QED) is 0.476. The van der Waals surface area contributed by atoms with Gasteiger partial charge in [-0.3, -0.25) is 0 Å². The van der Waals surface area contributed by atoms with E-state index < -0.39 is 5.60 Å². The molecule has 66 valence electrons. The second-order valence-corrected chi connectivity index (χ2v) is 3.72. The lowest BCUT2D eigenvalue weighted by atomic mass is 10.1. The molecule has 0 aliphatic heterocycles. The lowest BCUT2D eigenvalue weighted by molar-refractivity contribution is 0.0809. The summed E-state index contributed by atoms with van der Waals surface area (Å²) in [5.41, 5.74) is 0.698. The van der Waals surface area contributed by atoms with Crippen molar-refractivity contribution in [3.8, 4) is 0 Å². The van der Waals surface area contributed by atoms with Crippen LogP contribution in [0.5, 0.6) is 0 Å². The van der Waals surface area contributed by atoms with Crippen LogP contribution in [-0.2, 0) is 0 Å². The van der Waals surface area contributed by atoms with Gasteiger partial charge in [-0.05, 0) is 27.7 Å². The van der Waals surface area contributed by atoms with Crippen LogP contribution in [0.1, 0.15) is 27.7 Å². The Bertz CT molecular complexity index is 129. The average Bonchev–Trinajstić information content (AvgIpc) is 1.78. The third kappa shape index (κ3) is 9.66. The van der Waals surface area contributed by atoms with Crippen molar-refractivity contribution in [1.82, 2.24) is 5.32 Å². The van der Waals surface area contributed by atoms with Gasteiger partial charge in [0.15, 0.2) is 0 Å². The molecule has 2 N–H and O–H groups in total. The van der Waals surface area contributed by atoms with Crippen molar-refractivity contribution < 1.29 is 5.11 Å². The van der Waals surface area contributed by atoms with Crippen LogP contribution in [0.15, 0.2) is 11.6 Å². The maximum atomic E-state index is 9.30. The first-order chi connectivity index (χ1) is 4.92. The highest BCUT2D eigenvalue weighted by atomic mass is 16.3. The van der Waals surface area contributed by atoms with E-state index in [4.69, 9.17) is 0 Å². The maximum absolute atomic E-state index is 9.30. The van der Waals surface area contributed by atoms with E-state index in [-0.39, 0.29) is 0 Å². The molecule has 0 amide bonds. The molecule has 0 atom stereocenters. The van der Waals surface area contributed by atoms with E-state index in [9.17, 15) is 5.11 Å². The van der Waals surface area contributed by atoms with Crippen molar-refractivity contribution in [2.45, 2.75) is 33.3 Å². The molecule has 0 aromatic heterocycles. The molecule has 0 unspecified atom stereocenters. The van der Waals surface area contributed by atoms with Crippen molar-refractivity contribution in [1.29, 1.82) is 0 Å². The second-order valence-electron chi connectivity index (χ2n) is 3.72. The van der Waals surface area contributed by atoms with Gasteiger partial charge >= 0.3 is 0 Å². The number of aliphatic hydroxyl groups is 1. The monoisotopic (exact) mass is 157 g/mol. The van der Waals surface area contributed by atoms with Crippen LogP contribution < -0.4 is 5.32 Å². The average molecular weight is 157 g/mol. The molecule has 0 saturated heterocycles. The molecule has 0 aliphatic carbocycles. The van der Waals surface area contributed by atoms with Crippen LogP contribution >= 0.6 is 0 Å². The number of nitrogens with one attached hydrogen (secondary N) is 1. The summed E-state index contributed by atoms with van der Waals surface area (Å²) < 4.78 is 0. The Morgan fingerprint density at radius 2 is 2.00 bits per heavy atom. The number of rotatable bonds is 4. The van der Waals surface area contributed by atoms with Gasteiger partial charge in [0.1, 0.15) is 0 Å². The van der Waals surface area contributed by atoms with Gasteiger partial charge in [-0.25, -0.2) is 0 Å². The Kier molecular flexibility index (Phi) is 4.38. The third-order valence-corrected chi connectivity index (χ3v) is 1.21. The predicted octanol–water partition coefficient (Wildman–Crippen LogP) is 1.31. The first-order valence-electron chi connectivity index (χ1n) is 3.98. The summed E-state index contributed by atoms with van der Waals surface area (Å²) in [6.45, 7) is 9.19. The lowest BCUT2D eigenvalue weighted by Gasteiger charge is -2.16. The molecular formula is C9H19NO. The normalized spacial score (nSPS) is 11.4. The summed E-state index contributed by atoms with van der Waals surface area (Å²) in [4.78, 5) is 0. The maximum Gasteiger partial charge on any atom is 0.0715 e. The molecule has 0 bridgehead atoms. The molecule has 11 heavy (non-hydrogen) atoms. The fourth-order valence-electron chi connectivity index (χ4n) is 0.654. The van der Waals surface area contributed by atoms with Crippen LogP contribution in [-0.4, -0.2) is 23.8 Å². The van der Waals surface area contributed by atoms with E-state index in [0.717, 1.165) is 6.54 Å². The van der Waals surface area contributed by atoms with Crippen LogP contribution in [0.25, 0.3) is 0 Å². The van der Waals surface area contributed by atoms with Crippen LogP contribution in [0.3, 0.4) is 0 Å². The van der Waals surface area contributed by atoms with Crippen LogP contribution in [0, 0.1) is 0 Å². The Hall–Kier alpha value is -0.340. The SMILES string of the molecule is CC(C)=CCNCC(C)(C)O. The Labute approximate surface area is 69.3 Å². The molecule has 0 fully saturated rings. The minimum absolute atomic E-state index is 0.602. The Morgan fingerprint density at radius 1 is 1.45 bits per heavy atom. The molecule has 0 spiro atoms. The van der Waals surface area contributed by atoms with Crippen molar-refractivity contribution in [3.05, 3.63) is 11.6 Å². The van der Waals surface area contributed by atoms with Crippen molar-refractivity contribution in [2.24, 2.45) is 0 Å². The molecular weight excluding hydrogens is 138 g/mol. The zero-order valence-electron chi connectivity index (χ0n) is 7.94. The Balaban J connectivity index is 3.36. The van der Waals surface area contributed by atoms with Gasteiger partial charge in [-0.1, -0.05) is 11.6 Å². The predicted molar refractivity (Wildman–Crippen MR) is 48.6 cm³/mol. The van der Waals surface area contributed by atoms with Gasteiger partial charge in [-0.15, -0.1) is 0 Å². The third-order valence-electron chi connectivity index (χ3n) is 1.21. The molecule has 0 aromatic rings. The van der Waals surface area contributed by atoms with Gasteiger partial charge in [0, 0.05) is 13.1 Å². The second kappa shape index (κ2) is 4.52. The van der Waals surface area contributed by atoms with E-state index >= 15 is 0 Å². The molecule has 2 heteroatoms. The zero-order chi connectivity index (χ0) is 8.91. The van der Waals surface area contributed by atoms with Crippen molar-refractivity contribution in [3.63, 3.8) is 0 Å². The van der Waals surface area contributed by atoms with Gasteiger partial charge in [0.2, 0.25) is 0 Å². The highest BCUT2D eigenvalue weighted by Gasteiger charge is 2.09. The highest BCUT2D eigenvalue weighted by molar-refractivity contribution is 4.94. The van der Waals surface area contributed by atoms with E-state index in [1.54, 1.807) is 13.8 Å². The van der Waals surface area contributed by atoms with Crippen molar-refractivity contribution >= 4 is 0 Å². The number of hydrogen-bond acceptors (Lipinski definition) is 2. The molecule has 0 rings (SSSR count). The highest BCUT2D eigenvalue weighted by Crippen LogP contribution is 1.96. The summed E-state index contributed by atoms with van der Waals surface area (Å²) in [5.74, 6) is 0. The summed E-state index contributed by atoms with van der Waals surface area (Å²) >= 11 is 0. The molecule has 0 radical (unpaired) electrons. The standard InChI is InChI=1S/C9H19NO/c1-8(2)5-6-10-7-9(3,4)11/h5,10-11H,6-7H2,1-4H3. The van der Waals surface area contributed by atoms with Gasteiger partial charge in [0.25, 0.3) is 0 Å². The van der Waals surface area contributed by atoms with E-state index in [1.165, 1.54) is 5.57 Å². The molecule has 0 aromatic carbocycles. The van der Waals surface area contributed by atoms with Crippen LogP contribution in [0.2, 0.25) is 0 Å². The van der Waals surface area contributed by atoms with E-state index in [0.29, 0.717) is 6.54 Å². The van der Waals surface area contributed by atoms with Gasteiger partial charge in [0.05, 0.1) is 5.60 Å². The summed E-state index contributed by atoms with van der Waals surface area (Å²) in [6, 6.07) is 0. The Morgan fingerprint density at radius 3 is 2.36 bits per heavy atom. The zero-order valence-corrected chi connectivity index (χ0v) is 7.94. The lowest BCUT2D eigenvalue weighted by Crippen LogP contribution is -2.34. The molecule has 2 nitrogen and oxygen atoms in total. The first kappa shape index (κ1) is 10.7. The summed E-state index contributed by atoms with van der Waals surface area (Å²) in [7, 11) is 0. The summed E-state index contributed by atoms with van der Waals surface area (Å²) in [5, 5.41) is 12.4. The van der Waals surface area contributed by atoms with Crippen molar-refractivity contribution in [2.75, 3.05) is 13.1 Å². The molecule has 0 saturated carbocycles. The van der Waals surface area contributed by atoms with E-state index in [1.807, 2.05) is 0 Å². The topological polar surface area (TPSA) is 32.3 Å². The smallest absolute Gasteiger partial charge is 0.0715 e. The fraction of sp³-hybridized carbons (Fsp3) is 0.778. The van der Waals surface area contributed by atoms with Gasteiger partial charge < -0.3 is 10.4 Å². The van der Waals surface area contributed by atoms with E-state index in [2.05, 4.69) is 25.2 Å². The number of hydrogen-bond donors (Lipinski definition) is 2. The van der Waals surface area contributed by atoms with Gasteiger partial charge in [-0.2, -0.15) is 0 Å². The molecule has 0 heterocycles. The first-order valence-corrected chi connectivity index (χ1v) is 3.98. The minimum atomic E-state index is -0.602. The van der Waals surface area contributed by atoms with Crippen LogP contribution in [0.4, 0.5) is 0 Å².